The molecule has 1 saturated carbocycles. The number of carbonyl (C=O) groups is 2. The first-order chi connectivity index (χ1) is 6.65. The number of esters is 1. The second kappa shape index (κ2) is 4.98. The Bertz CT molecular complexity index is 223. The van der Waals surface area contributed by atoms with Crippen LogP contribution < -0.4 is 5.32 Å². The molecule has 1 rings (SSSR count). The maximum absolute atomic E-state index is 11.4. The van der Waals surface area contributed by atoms with Crippen LogP contribution in [0.2, 0.25) is 0 Å². The van der Waals surface area contributed by atoms with Crippen molar-refractivity contribution in [3.63, 3.8) is 0 Å². The van der Waals surface area contributed by atoms with Gasteiger partial charge in [-0.25, -0.2) is 0 Å². The molecular weight excluding hydrogens is 182 g/mol. The smallest absolute Gasteiger partial charge is 0.325 e. The number of rotatable bonds is 5. The molecule has 0 bridgehead atoms. The lowest BCUT2D eigenvalue weighted by atomic mass is 10.1. The van der Waals surface area contributed by atoms with Crippen molar-refractivity contribution in [1.29, 1.82) is 0 Å². The number of ether oxygens (including phenoxy) is 1. The molecule has 0 spiro atoms. The summed E-state index contributed by atoms with van der Waals surface area (Å²) in [5.41, 5.74) is 0. The standard InChI is InChI=1S/C10H17NO3/c1-3-14-9(12)6-11-10(13)7(2)8-4-5-8/h7-8H,3-6H2,1-2H3,(H,11,13). The molecule has 1 atom stereocenters. The molecule has 1 amide bonds. The predicted octanol–water partition coefficient (Wildman–Crippen LogP) is 0.712. The average molecular weight is 199 g/mol. The van der Waals surface area contributed by atoms with Crippen LogP contribution in [0.25, 0.3) is 0 Å². The number of hydrogen-bond donors (Lipinski definition) is 1. The van der Waals surface area contributed by atoms with E-state index < -0.39 is 0 Å². The van der Waals surface area contributed by atoms with Gasteiger partial charge in [0.2, 0.25) is 5.91 Å². The molecule has 1 aliphatic carbocycles. The van der Waals surface area contributed by atoms with Crippen molar-refractivity contribution >= 4 is 11.9 Å². The van der Waals surface area contributed by atoms with E-state index >= 15 is 0 Å². The molecule has 1 unspecified atom stereocenters. The fraction of sp³-hybridized carbons (Fsp3) is 0.800. The van der Waals surface area contributed by atoms with Crippen molar-refractivity contribution in [3.8, 4) is 0 Å². The minimum Gasteiger partial charge on any atom is -0.465 e. The van der Waals surface area contributed by atoms with Crippen LogP contribution >= 0.6 is 0 Å². The SMILES string of the molecule is CCOC(=O)CNC(=O)C(C)C1CC1. The highest BCUT2D eigenvalue weighted by Crippen LogP contribution is 2.36. The summed E-state index contributed by atoms with van der Waals surface area (Å²) in [7, 11) is 0. The molecule has 1 aliphatic rings. The van der Waals surface area contributed by atoms with Crippen LogP contribution in [-0.2, 0) is 14.3 Å². The lowest BCUT2D eigenvalue weighted by molar-refractivity contribution is -0.143. The van der Waals surface area contributed by atoms with Crippen molar-refractivity contribution in [3.05, 3.63) is 0 Å². The van der Waals surface area contributed by atoms with Crippen LogP contribution in [0.3, 0.4) is 0 Å². The zero-order valence-electron chi connectivity index (χ0n) is 8.71. The quantitative estimate of drug-likeness (QED) is 0.663. The third-order valence-electron chi connectivity index (χ3n) is 2.45. The van der Waals surface area contributed by atoms with E-state index in [4.69, 9.17) is 4.74 Å². The fourth-order valence-electron chi connectivity index (χ4n) is 1.34. The van der Waals surface area contributed by atoms with Crippen LogP contribution in [0, 0.1) is 11.8 Å². The van der Waals surface area contributed by atoms with Crippen molar-refractivity contribution in [2.75, 3.05) is 13.2 Å². The molecule has 0 radical (unpaired) electrons. The third-order valence-corrected chi connectivity index (χ3v) is 2.45. The first-order valence-electron chi connectivity index (χ1n) is 5.08. The Kier molecular flexibility index (Phi) is 3.92. The predicted molar refractivity (Wildman–Crippen MR) is 51.5 cm³/mol. The van der Waals surface area contributed by atoms with Gasteiger partial charge in [0.05, 0.1) is 6.61 Å². The molecule has 14 heavy (non-hydrogen) atoms. The van der Waals surface area contributed by atoms with Crippen molar-refractivity contribution in [2.24, 2.45) is 11.8 Å². The molecule has 4 nitrogen and oxygen atoms in total. The van der Waals surface area contributed by atoms with Gasteiger partial charge in [0.25, 0.3) is 0 Å². The third kappa shape index (κ3) is 3.36. The fourth-order valence-corrected chi connectivity index (χ4v) is 1.34. The molecule has 1 N–H and O–H groups in total. The molecule has 0 aliphatic heterocycles. The van der Waals surface area contributed by atoms with E-state index in [1.165, 1.54) is 0 Å². The van der Waals surface area contributed by atoms with E-state index in [1.807, 2.05) is 6.92 Å². The summed E-state index contributed by atoms with van der Waals surface area (Å²) in [6, 6.07) is 0. The summed E-state index contributed by atoms with van der Waals surface area (Å²) in [5.74, 6) is 0.144. The average Bonchev–Trinajstić information content (AvgIpc) is 2.96. The van der Waals surface area contributed by atoms with E-state index in [1.54, 1.807) is 6.92 Å². The number of carbonyl (C=O) groups excluding carboxylic acids is 2. The molecule has 0 heterocycles. The largest absolute Gasteiger partial charge is 0.465 e. The van der Waals surface area contributed by atoms with Crippen LogP contribution in [0.1, 0.15) is 26.7 Å². The summed E-state index contributed by atoms with van der Waals surface area (Å²) >= 11 is 0. The zero-order valence-corrected chi connectivity index (χ0v) is 8.71. The van der Waals surface area contributed by atoms with Gasteiger partial charge in [-0.2, -0.15) is 0 Å². The Morgan fingerprint density at radius 3 is 2.64 bits per heavy atom. The van der Waals surface area contributed by atoms with E-state index in [0.717, 1.165) is 12.8 Å². The van der Waals surface area contributed by atoms with E-state index in [0.29, 0.717) is 12.5 Å². The highest BCUT2D eigenvalue weighted by molar-refractivity contribution is 5.83. The Hall–Kier alpha value is -1.06. The molecular formula is C10H17NO3. The first kappa shape index (κ1) is 11.0. The summed E-state index contributed by atoms with van der Waals surface area (Å²) in [4.78, 5) is 22.3. The monoisotopic (exact) mass is 199 g/mol. The highest BCUT2D eigenvalue weighted by atomic mass is 16.5. The highest BCUT2D eigenvalue weighted by Gasteiger charge is 2.32. The summed E-state index contributed by atoms with van der Waals surface area (Å²) in [5, 5.41) is 2.57. The topological polar surface area (TPSA) is 55.4 Å². The van der Waals surface area contributed by atoms with E-state index in [2.05, 4.69) is 5.32 Å². The van der Waals surface area contributed by atoms with E-state index in [-0.39, 0.29) is 24.3 Å². The van der Waals surface area contributed by atoms with Gasteiger partial charge in [0.1, 0.15) is 6.54 Å². The van der Waals surface area contributed by atoms with Crippen LogP contribution in [-0.4, -0.2) is 25.0 Å². The lowest BCUT2D eigenvalue weighted by Gasteiger charge is -2.10. The molecule has 1 fully saturated rings. The van der Waals surface area contributed by atoms with Crippen molar-refractivity contribution in [1.82, 2.24) is 5.32 Å². The van der Waals surface area contributed by atoms with Crippen molar-refractivity contribution in [2.45, 2.75) is 26.7 Å². The maximum Gasteiger partial charge on any atom is 0.325 e. The van der Waals surface area contributed by atoms with Crippen molar-refractivity contribution < 1.29 is 14.3 Å². The lowest BCUT2D eigenvalue weighted by Crippen LogP contribution is -2.35. The van der Waals surface area contributed by atoms with Gasteiger partial charge in [-0.15, -0.1) is 0 Å². The van der Waals surface area contributed by atoms with Gasteiger partial charge in [-0.3, -0.25) is 9.59 Å². The van der Waals surface area contributed by atoms with Gasteiger partial charge >= 0.3 is 5.97 Å². The first-order valence-corrected chi connectivity index (χ1v) is 5.08. The Morgan fingerprint density at radius 1 is 1.50 bits per heavy atom. The molecule has 4 heteroatoms. The normalized spacial score (nSPS) is 17.3. The molecule has 0 aromatic rings. The molecule has 0 aromatic carbocycles. The van der Waals surface area contributed by atoms with Gasteiger partial charge < -0.3 is 10.1 Å². The van der Waals surface area contributed by atoms with Crippen LogP contribution in [0.15, 0.2) is 0 Å². The Morgan fingerprint density at radius 2 is 2.14 bits per heavy atom. The Labute approximate surface area is 84.0 Å². The van der Waals surface area contributed by atoms with Gasteiger partial charge in [-0.05, 0) is 25.7 Å². The maximum atomic E-state index is 11.4. The summed E-state index contributed by atoms with van der Waals surface area (Å²) in [6.45, 7) is 3.99. The van der Waals surface area contributed by atoms with E-state index in [9.17, 15) is 9.59 Å². The van der Waals surface area contributed by atoms with Gasteiger partial charge in [0, 0.05) is 5.92 Å². The number of amides is 1. The summed E-state index contributed by atoms with van der Waals surface area (Å²) < 4.78 is 4.69. The van der Waals surface area contributed by atoms with Gasteiger partial charge in [0.15, 0.2) is 0 Å². The Balaban J connectivity index is 2.16. The number of nitrogens with one attached hydrogen (secondary N) is 1. The summed E-state index contributed by atoms with van der Waals surface area (Å²) in [6.07, 6.45) is 2.27. The zero-order chi connectivity index (χ0) is 10.6. The molecule has 0 saturated heterocycles. The van der Waals surface area contributed by atoms with Gasteiger partial charge in [-0.1, -0.05) is 6.92 Å². The second-order valence-electron chi connectivity index (χ2n) is 3.65. The van der Waals surface area contributed by atoms with Crippen LogP contribution in [0.5, 0.6) is 0 Å². The second-order valence-corrected chi connectivity index (χ2v) is 3.65. The minimum atomic E-state index is -0.371. The molecule has 80 valence electrons. The minimum absolute atomic E-state index is 0.0102. The molecule has 0 aromatic heterocycles. The number of hydrogen-bond acceptors (Lipinski definition) is 3. The van der Waals surface area contributed by atoms with Crippen LogP contribution in [0.4, 0.5) is 0 Å².